The average molecular weight is 258 g/mol. The van der Waals surface area contributed by atoms with Crippen LogP contribution >= 0.6 is 0 Å². The molecule has 0 aliphatic heterocycles. The number of nitrogens with two attached hydrogens (primary N) is 1. The summed E-state index contributed by atoms with van der Waals surface area (Å²) in [6.45, 7) is 5.11. The second kappa shape index (κ2) is 9.26. The van der Waals surface area contributed by atoms with Crippen LogP contribution in [0.25, 0.3) is 0 Å². The Bertz CT molecular complexity index is 272. The molecule has 0 aromatic carbocycles. The van der Waals surface area contributed by atoms with Gasteiger partial charge in [0.25, 0.3) is 0 Å². The van der Waals surface area contributed by atoms with Crippen LogP contribution in [0, 0.1) is 0 Å². The van der Waals surface area contributed by atoms with Crippen molar-refractivity contribution in [1.82, 2.24) is 15.5 Å². The molecule has 0 saturated carbocycles. The first-order valence-corrected chi connectivity index (χ1v) is 5.96. The number of urea groups is 1. The monoisotopic (exact) mass is 258 g/mol. The zero-order chi connectivity index (χ0) is 14.0. The first-order chi connectivity index (χ1) is 8.43. The Morgan fingerprint density at radius 3 is 1.89 bits per heavy atom. The number of amides is 4. The van der Waals surface area contributed by atoms with Crippen molar-refractivity contribution >= 4 is 17.8 Å². The Morgan fingerprint density at radius 2 is 1.50 bits per heavy atom. The van der Waals surface area contributed by atoms with Crippen LogP contribution in [0.1, 0.15) is 26.7 Å². The van der Waals surface area contributed by atoms with Crippen molar-refractivity contribution in [3.05, 3.63) is 0 Å². The molecule has 7 heteroatoms. The van der Waals surface area contributed by atoms with Gasteiger partial charge in [0.2, 0.25) is 11.8 Å². The summed E-state index contributed by atoms with van der Waals surface area (Å²) in [5, 5.41) is 5.14. The highest BCUT2D eigenvalue weighted by molar-refractivity contribution is 5.73. The minimum Gasteiger partial charge on any atom is -0.356 e. The lowest BCUT2D eigenvalue weighted by Gasteiger charge is -2.21. The molecule has 104 valence electrons. The highest BCUT2D eigenvalue weighted by atomic mass is 16.2. The predicted octanol–water partition coefficient (Wildman–Crippen LogP) is -0.580. The molecule has 0 radical (unpaired) electrons. The smallest absolute Gasteiger partial charge is 0.312 e. The second-order valence-electron chi connectivity index (χ2n) is 3.99. The molecule has 0 saturated heterocycles. The number of primary amides is 1. The Labute approximate surface area is 107 Å². The molecule has 0 rings (SSSR count). The first-order valence-electron chi connectivity index (χ1n) is 5.96. The fraction of sp³-hybridized carbons (Fsp3) is 0.727. The van der Waals surface area contributed by atoms with Crippen molar-refractivity contribution in [2.24, 2.45) is 5.73 Å². The molecule has 4 N–H and O–H groups in total. The summed E-state index contributed by atoms with van der Waals surface area (Å²) in [6, 6.07) is -0.560. The number of rotatable bonds is 8. The number of hydrogen-bond donors (Lipinski definition) is 3. The van der Waals surface area contributed by atoms with E-state index in [1.807, 2.05) is 0 Å². The third-order valence-corrected chi connectivity index (χ3v) is 2.33. The van der Waals surface area contributed by atoms with E-state index in [2.05, 4.69) is 10.6 Å². The molecule has 0 unspecified atom stereocenters. The molecule has 0 bridgehead atoms. The first kappa shape index (κ1) is 16.2. The van der Waals surface area contributed by atoms with Crippen LogP contribution in [0.3, 0.4) is 0 Å². The number of carbonyl (C=O) groups is 3. The van der Waals surface area contributed by atoms with Crippen molar-refractivity contribution < 1.29 is 14.4 Å². The molecule has 0 aliphatic rings. The fourth-order valence-corrected chi connectivity index (χ4v) is 1.44. The van der Waals surface area contributed by atoms with Crippen LogP contribution in [-0.2, 0) is 9.59 Å². The lowest BCUT2D eigenvalue weighted by Crippen LogP contribution is -2.36. The van der Waals surface area contributed by atoms with E-state index in [1.165, 1.54) is 13.8 Å². The van der Waals surface area contributed by atoms with Crippen LogP contribution in [-0.4, -0.2) is 48.9 Å². The average Bonchev–Trinajstić information content (AvgIpc) is 2.25. The molecule has 18 heavy (non-hydrogen) atoms. The maximum absolute atomic E-state index is 11.3. The predicted molar refractivity (Wildman–Crippen MR) is 67.8 cm³/mol. The zero-order valence-electron chi connectivity index (χ0n) is 11.0. The highest BCUT2D eigenvalue weighted by Gasteiger charge is 2.07. The maximum Gasteiger partial charge on any atom is 0.312 e. The highest BCUT2D eigenvalue weighted by Crippen LogP contribution is 1.94. The molecule has 0 aromatic rings. The fourth-order valence-electron chi connectivity index (χ4n) is 1.44. The minimum atomic E-state index is -0.560. The molecule has 7 nitrogen and oxygen atoms in total. The molecule has 0 aromatic heterocycles. The molecule has 0 atom stereocenters. The van der Waals surface area contributed by atoms with E-state index in [4.69, 9.17) is 5.73 Å². The summed E-state index contributed by atoms with van der Waals surface area (Å²) in [6.07, 6.45) is 1.37. The van der Waals surface area contributed by atoms with Crippen LogP contribution in [0.15, 0.2) is 0 Å². The minimum absolute atomic E-state index is 0.0168. The van der Waals surface area contributed by atoms with Crippen LogP contribution in [0.2, 0.25) is 0 Å². The van der Waals surface area contributed by atoms with E-state index in [-0.39, 0.29) is 11.8 Å². The summed E-state index contributed by atoms with van der Waals surface area (Å²) < 4.78 is 0. The Morgan fingerprint density at radius 1 is 1.00 bits per heavy atom. The number of carbonyl (C=O) groups excluding carboxylic acids is 3. The van der Waals surface area contributed by atoms with E-state index >= 15 is 0 Å². The molecule has 0 spiro atoms. The SMILES string of the molecule is CC(=O)NCCCN(CCCNC(N)=O)C(C)=O. The maximum atomic E-state index is 11.3. The van der Waals surface area contributed by atoms with Gasteiger partial charge in [-0.05, 0) is 12.8 Å². The van der Waals surface area contributed by atoms with Gasteiger partial charge in [0.05, 0.1) is 0 Å². The summed E-state index contributed by atoms with van der Waals surface area (Å²) >= 11 is 0. The van der Waals surface area contributed by atoms with Crippen molar-refractivity contribution in [2.75, 3.05) is 26.2 Å². The van der Waals surface area contributed by atoms with E-state index in [1.54, 1.807) is 4.90 Å². The van der Waals surface area contributed by atoms with Crippen molar-refractivity contribution in [3.63, 3.8) is 0 Å². The molecule has 0 heterocycles. The topological polar surface area (TPSA) is 105 Å². The molecular weight excluding hydrogens is 236 g/mol. The normalized spacial score (nSPS) is 9.67. The number of nitrogens with zero attached hydrogens (tertiary/aromatic N) is 1. The van der Waals surface area contributed by atoms with Gasteiger partial charge in [0, 0.05) is 40.0 Å². The van der Waals surface area contributed by atoms with Crippen LogP contribution < -0.4 is 16.4 Å². The van der Waals surface area contributed by atoms with E-state index in [0.717, 1.165) is 0 Å². The van der Waals surface area contributed by atoms with Gasteiger partial charge in [0.15, 0.2) is 0 Å². The van der Waals surface area contributed by atoms with Gasteiger partial charge < -0.3 is 21.3 Å². The van der Waals surface area contributed by atoms with Gasteiger partial charge in [-0.1, -0.05) is 0 Å². The standard InChI is InChI=1S/C11H22N4O3/c1-9(16)13-5-3-7-15(10(2)17)8-4-6-14-11(12)18/h3-8H2,1-2H3,(H,13,16)(H3,12,14,18). The Kier molecular flexibility index (Phi) is 8.34. The molecule has 0 aliphatic carbocycles. The van der Waals surface area contributed by atoms with Gasteiger partial charge in [-0.25, -0.2) is 4.79 Å². The van der Waals surface area contributed by atoms with Crippen LogP contribution in [0.4, 0.5) is 4.79 Å². The Balaban J connectivity index is 3.75. The molecule has 4 amide bonds. The van der Waals surface area contributed by atoms with Crippen LogP contribution in [0.5, 0.6) is 0 Å². The van der Waals surface area contributed by atoms with Gasteiger partial charge in [-0.2, -0.15) is 0 Å². The van der Waals surface area contributed by atoms with Crippen molar-refractivity contribution in [3.8, 4) is 0 Å². The lowest BCUT2D eigenvalue weighted by atomic mass is 10.3. The summed E-state index contributed by atoms with van der Waals surface area (Å²) in [7, 11) is 0. The Hall–Kier alpha value is -1.79. The van der Waals surface area contributed by atoms with Gasteiger partial charge in [-0.15, -0.1) is 0 Å². The van der Waals surface area contributed by atoms with E-state index in [9.17, 15) is 14.4 Å². The van der Waals surface area contributed by atoms with E-state index in [0.29, 0.717) is 39.0 Å². The summed E-state index contributed by atoms with van der Waals surface area (Å²) in [5.74, 6) is -0.0908. The van der Waals surface area contributed by atoms with Gasteiger partial charge >= 0.3 is 6.03 Å². The van der Waals surface area contributed by atoms with Crippen molar-refractivity contribution in [1.29, 1.82) is 0 Å². The number of hydrogen-bond acceptors (Lipinski definition) is 3. The quantitative estimate of drug-likeness (QED) is 0.507. The molecular formula is C11H22N4O3. The van der Waals surface area contributed by atoms with Gasteiger partial charge in [0.1, 0.15) is 0 Å². The zero-order valence-corrected chi connectivity index (χ0v) is 11.0. The lowest BCUT2D eigenvalue weighted by molar-refractivity contribution is -0.128. The summed E-state index contributed by atoms with van der Waals surface area (Å²) in [5.41, 5.74) is 4.92. The van der Waals surface area contributed by atoms with Gasteiger partial charge in [-0.3, -0.25) is 9.59 Å². The third-order valence-electron chi connectivity index (χ3n) is 2.33. The largest absolute Gasteiger partial charge is 0.356 e. The second-order valence-corrected chi connectivity index (χ2v) is 3.99. The third kappa shape index (κ3) is 9.44. The summed E-state index contributed by atoms with van der Waals surface area (Å²) in [4.78, 5) is 34.1. The van der Waals surface area contributed by atoms with E-state index < -0.39 is 6.03 Å². The number of nitrogens with one attached hydrogen (secondary N) is 2. The van der Waals surface area contributed by atoms with Crippen molar-refractivity contribution in [2.45, 2.75) is 26.7 Å². The molecule has 0 fully saturated rings.